The van der Waals surface area contributed by atoms with Crippen molar-refractivity contribution in [1.82, 2.24) is 9.97 Å². The predicted molar refractivity (Wildman–Crippen MR) is 127 cm³/mol. The molecule has 0 unspecified atom stereocenters. The van der Waals surface area contributed by atoms with Gasteiger partial charge in [-0.25, -0.2) is 0 Å². The molecule has 1 saturated heterocycles. The van der Waals surface area contributed by atoms with Crippen LogP contribution in [0.2, 0.25) is 0 Å². The number of nitrogens with one attached hydrogen (secondary N) is 1. The van der Waals surface area contributed by atoms with Crippen LogP contribution in [0.15, 0.2) is 54.1 Å². The number of nitrogens with zero attached hydrogens (tertiary/aromatic N) is 3. The zero-order valence-corrected chi connectivity index (χ0v) is 18.1. The minimum Gasteiger partial charge on any atom is -0.383 e. The van der Waals surface area contributed by atoms with Crippen molar-refractivity contribution in [3.05, 3.63) is 81.9 Å². The number of aryl methyl sites for hydroxylation is 1. The number of hydrogen-bond donors (Lipinski definition) is 2. The van der Waals surface area contributed by atoms with Crippen LogP contribution in [0.1, 0.15) is 57.8 Å². The second-order valence-electron chi connectivity index (χ2n) is 8.80. The fraction of sp³-hybridized carbons (Fsp3) is 0.269. The number of anilines is 3. The quantitative estimate of drug-likeness (QED) is 0.630. The number of carbonyl (C=O) groups is 1. The molecule has 160 valence electrons. The molecule has 0 radical (unpaired) electrons. The largest absolute Gasteiger partial charge is 0.383 e. The summed E-state index contributed by atoms with van der Waals surface area (Å²) in [6, 6.07) is 15.9. The molecule has 0 spiro atoms. The topological polar surface area (TPSA) is 84.1 Å². The highest BCUT2D eigenvalue weighted by Gasteiger charge is 2.42. The Bertz CT molecular complexity index is 1290. The number of ketones is 1. The first kappa shape index (κ1) is 19.0. The molecule has 3 heterocycles. The van der Waals surface area contributed by atoms with Crippen molar-refractivity contribution in [2.45, 2.75) is 32.1 Å². The van der Waals surface area contributed by atoms with Crippen LogP contribution in [0.5, 0.6) is 0 Å². The molecular weight excluding hydrogens is 398 g/mol. The average molecular weight is 424 g/mol. The number of nitrogen functional groups attached to an aromatic ring is 1. The summed E-state index contributed by atoms with van der Waals surface area (Å²) in [7, 11) is 0. The minimum atomic E-state index is -0.308. The highest BCUT2D eigenvalue weighted by molar-refractivity contribution is 6.24. The summed E-state index contributed by atoms with van der Waals surface area (Å²) >= 11 is 0. The number of rotatable bonds is 2. The molecular formula is C26H25N5O. The van der Waals surface area contributed by atoms with Gasteiger partial charge >= 0.3 is 0 Å². The summed E-state index contributed by atoms with van der Waals surface area (Å²) in [4.78, 5) is 25.4. The molecule has 3 aliphatic rings. The van der Waals surface area contributed by atoms with Gasteiger partial charge in [0.2, 0.25) is 5.95 Å². The molecule has 0 saturated carbocycles. The standard InChI is InChI=1S/C26H25N5O/c1-15-9-3-4-10-16(15)19-20-22(17-11-5-6-12-18(17)23(20)32)28-25-21(19)24(27)29-26(30-25)31-13-7-2-8-14-31/h3-6,9-12,19H,2,7-8,13-14H2,1H3,(H3,27,28,29,30)/t19-/m1/s1. The van der Waals surface area contributed by atoms with Gasteiger partial charge < -0.3 is 16.0 Å². The van der Waals surface area contributed by atoms with E-state index in [1.54, 1.807) is 0 Å². The summed E-state index contributed by atoms with van der Waals surface area (Å²) < 4.78 is 0. The Morgan fingerprint density at radius 2 is 1.69 bits per heavy atom. The van der Waals surface area contributed by atoms with Crippen molar-refractivity contribution in [2.24, 2.45) is 0 Å². The summed E-state index contributed by atoms with van der Waals surface area (Å²) in [5.41, 5.74) is 12.8. The molecule has 3 N–H and O–H groups in total. The molecule has 6 nitrogen and oxygen atoms in total. The maximum Gasteiger partial charge on any atom is 0.229 e. The first-order chi connectivity index (χ1) is 15.6. The third-order valence-electron chi connectivity index (χ3n) is 6.88. The van der Waals surface area contributed by atoms with Gasteiger partial charge in [0.1, 0.15) is 11.6 Å². The van der Waals surface area contributed by atoms with Gasteiger partial charge in [0.25, 0.3) is 0 Å². The average Bonchev–Trinajstić information content (AvgIpc) is 3.11. The summed E-state index contributed by atoms with van der Waals surface area (Å²) in [6.45, 7) is 3.95. The molecule has 2 aromatic carbocycles. The number of hydrogen-bond acceptors (Lipinski definition) is 6. The molecule has 6 heteroatoms. The first-order valence-electron chi connectivity index (χ1n) is 11.3. The maximum atomic E-state index is 13.6. The van der Waals surface area contributed by atoms with Crippen LogP contribution in [0, 0.1) is 6.92 Å². The third kappa shape index (κ3) is 2.75. The zero-order valence-electron chi connectivity index (χ0n) is 18.1. The lowest BCUT2D eigenvalue weighted by Crippen LogP contribution is -2.32. The van der Waals surface area contributed by atoms with E-state index in [4.69, 9.17) is 15.7 Å². The fourth-order valence-corrected chi connectivity index (χ4v) is 5.29. The van der Waals surface area contributed by atoms with E-state index in [1.807, 2.05) is 36.4 Å². The van der Waals surface area contributed by atoms with E-state index >= 15 is 0 Å². The van der Waals surface area contributed by atoms with Crippen LogP contribution in [0.25, 0.3) is 5.70 Å². The Morgan fingerprint density at radius 3 is 2.47 bits per heavy atom. The number of fused-ring (bicyclic) bond motifs is 3. The van der Waals surface area contributed by atoms with Gasteiger partial charge in [-0.2, -0.15) is 9.97 Å². The lowest BCUT2D eigenvalue weighted by molar-refractivity contribution is 0.103. The number of Topliss-reactive ketones (excluding diaryl/α,β-unsaturated/α-hetero) is 1. The maximum absolute atomic E-state index is 13.6. The van der Waals surface area contributed by atoms with Gasteiger partial charge in [0.05, 0.1) is 5.70 Å². The van der Waals surface area contributed by atoms with E-state index in [-0.39, 0.29) is 11.7 Å². The summed E-state index contributed by atoms with van der Waals surface area (Å²) in [5.74, 6) is 1.54. The van der Waals surface area contributed by atoms with Gasteiger partial charge in [-0.3, -0.25) is 4.79 Å². The van der Waals surface area contributed by atoms with Crippen LogP contribution in [0.4, 0.5) is 17.6 Å². The Hall–Kier alpha value is -3.67. The highest BCUT2D eigenvalue weighted by atomic mass is 16.1. The Balaban J connectivity index is 1.58. The third-order valence-corrected chi connectivity index (χ3v) is 6.88. The van der Waals surface area contributed by atoms with E-state index in [1.165, 1.54) is 6.42 Å². The molecule has 0 bridgehead atoms. The summed E-state index contributed by atoms with van der Waals surface area (Å²) in [5, 5.41) is 3.49. The van der Waals surface area contributed by atoms with E-state index in [0.29, 0.717) is 17.6 Å². The van der Waals surface area contributed by atoms with Crippen molar-refractivity contribution in [2.75, 3.05) is 29.0 Å². The van der Waals surface area contributed by atoms with Crippen molar-refractivity contribution in [1.29, 1.82) is 0 Å². The SMILES string of the molecule is Cc1ccccc1[C@@H]1C2=C(Nc3nc(N4CCCCC4)nc(N)c31)c1ccccc1C2=O. The number of nitrogens with two attached hydrogens (primary N) is 1. The van der Waals surface area contributed by atoms with Gasteiger partial charge in [0.15, 0.2) is 5.78 Å². The predicted octanol–water partition coefficient (Wildman–Crippen LogP) is 4.52. The van der Waals surface area contributed by atoms with Crippen LogP contribution >= 0.6 is 0 Å². The van der Waals surface area contributed by atoms with Crippen LogP contribution in [-0.4, -0.2) is 28.8 Å². The van der Waals surface area contributed by atoms with Gasteiger partial charge in [-0.05, 0) is 37.3 Å². The normalized spacial score (nSPS) is 19.3. The highest BCUT2D eigenvalue weighted by Crippen LogP contribution is 2.51. The van der Waals surface area contributed by atoms with E-state index < -0.39 is 0 Å². The van der Waals surface area contributed by atoms with E-state index in [2.05, 4.69) is 29.3 Å². The number of benzene rings is 2. The van der Waals surface area contributed by atoms with Gasteiger partial charge in [-0.1, -0.05) is 48.5 Å². The Kier molecular flexibility index (Phi) is 4.28. The number of piperidine rings is 1. The van der Waals surface area contributed by atoms with Crippen LogP contribution in [0.3, 0.4) is 0 Å². The molecule has 32 heavy (non-hydrogen) atoms. The number of carbonyl (C=O) groups excluding carboxylic acids is 1. The summed E-state index contributed by atoms with van der Waals surface area (Å²) in [6.07, 6.45) is 3.51. The van der Waals surface area contributed by atoms with E-state index in [9.17, 15) is 4.79 Å². The molecule has 2 aliphatic heterocycles. The smallest absolute Gasteiger partial charge is 0.229 e. The minimum absolute atomic E-state index is 0.0431. The molecule has 1 aromatic heterocycles. The molecule has 6 rings (SSSR count). The van der Waals surface area contributed by atoms with Crippen molar-refractivity contribution >= 4 is 29.1 Å². The molecule has 3 aromatic rings. The Morgan fingerprint density at radius 1 is 0.969 bits per heavy atom. The number of allylic oxidation sites excluding steroid dienone is 1. The van der Waals surface area contributed by atoms with Crippen molar-refractivity contribution < 1.29 is 4.79 Å². The zero-order chi connectivity index (χ0) is 21.8. The van der Waals surface area contributed by atoms with Crippen LogP contribution in [-0.2, 0) is 0 Å². The van der Waals surface area contributed by atoms with Crippen LogP contribution < -0.4 is 16.0 Å². The fourth-order valence-electron chi connectivity index (χ4n) is 5.29. The van der Waals surface area contributed by atoms with Gasteiger partial charge in [-0.15, -0.1) is 0 Å². The van der Waals surface area contributed by atoms with Crippen molar-refractivity contribution in [3.8, 4) is 0 Å². The lowest BCUT2D eigenvalue weighted by atomic mass is 9.79. The first-order valence-corrected chi connectivity index (χ1v) is 11.3. The van der Waals surface area contributed by atoms with E-state index in [0.717, 1.165) is 65.0 Å². The molecule has 0 amide bonds. The second kappa shape index (κ2) is 7.19. The molecule has 1 fully saturated rings. The lowest BCUT2D eigenvalue weighted by Gasteiger charge is -2.32. The molecule has 1 atom stereocenters. The van der Waals surface area contributed by atoms with Gasteiger partial charge in [0, 0.05) is 41.3 Å². The number of aromatic nitrogens is 2. The van der Waals surface area contributed by atoms with Crippen molar-refractivity contribution in [3.63, 3.8) is 0 Å². The molecule has 1 aliphatic carbocycles. The Labute approximate surface area is 187 Å². The monoisotopic (exact) mass is 423 g/mol. The second-order valence-corrected chi connectivity index (χ2v) is 8.80.